The Labute approximate surface area is 896 Å². The Morgan fingerprint density at radius 3 is 1.05 bits per heavy atom. The van der Waals surface area contributed by atoms with Crippen LogP contribution in [0.15, 0.2) is 134 Å². The van der Waals surface area contributed by atoms with Gasteiger partial charge in [-0.25, -0.2) is 39.5 Å². The number of thiazole rings is 3. The number of likely N-dealkylation sites (tertiary alicyclic amines) is 6. The fraction of sp³-hybridized carbons (Fsp3) is 0.443. The molecule has 34 heteroatoms. The SMILES string of the molecule is CC(=O)[C@@H](OC(C)(C)C)c1c(C)cc2nc(-c3ccc4c(n3)c(C3CCN(C5CN(C(C)=O)C5)CC3)nn4C)sc2c1-c1ccc(Cl)cc1.COC(=O)N1CC(N2CCC(c3cn(C)c4ncc(-c5nc6cc(C)c([C@H](OC(C)(C)C)C(C)=O)c(-c7ccc(Cl)cc7)c6s5)cc34)CC2)C1.COC(=O)N1CC(N2CCC(c3nn(C)c4ccc(-c5nc6cc(C)c([C@H](OC(C)(C)C)C(C)=O)c(-c7ccc(Cl)cc7)c6s5)nc34)CC2)C1. The Kier molecular flexibility index (Phi) is 30.4. The lowest BCUT2D eigenvalue weighted by Gasteiger charge is -2.47. The summed E-state index contributed by atoms with van der Waals surface area (Å²) in [5.74, 6) is 1.04. The minimum Gasteiger partial charge on any atom is -0.453 e. The highest BCUT2D eigenvalue weighted by atomic mass is 35.5. The number of carbonyl (C=O) groups excluding carboxylic acids is 6. The summed E-state index contributed by atoms with van der Waals surface area (Å²) in [7, 11) is 8.89. The fourth-order valence-corrected chi connectivity index (χ4v) is 25.8. The summed E-state index contributed by atoms with van der Waals surface area (Å²) >= 11 is 23.7. The van der Waals surface area contributed by atoms with E-state index in [1.165, 1.54) is 19.8 Å². The third-order valence-corrected chi connectivity index (χ3v) is 33.8. The smallest absolute Gasteiger partial charge is 0.409 e. The van der Waals surface area contributed by atoms with Crippen molar-refractivity contribution >= 4 is 168 Å². The van der Waals surface area contributed by atoms with E-state index < -0.39 is 35.1 Å². The molecular formula is C115H130Cl3N17O11S3. The Hall–Kier alpha value is -11.4. The molecule has 6 aromatic carbocycles. The molecule has 149 heavy (non-hydrogen) atoms. The standard InChI is InChI=1S/C39H44ClN5O4S.C38H43ClN6O4S.C38H43ClN6O3S/c1-22-16-31-35(33(25-8-10-27(40)11-9-25)32(22)34(23(2)46)49-39(3,4)5)50-37(42-31)26-17-29-30(21-43(6)36(29)41-18-26)24-12-14-44(15-13-24)28-19-45(20-28)38(47)48-7;1-21-18-28-35(31(23-8-10-25(39)11-9-23)30(21)34(22(2)46)49-38(3,4)5)50-36(41-28)27-12-13-29-33(40-27)32(42-43(29)6)24-14-16-44(17-15-24)26-19-45(20-26)37(47)48-7;1-21-18-29-36(32(24-8-10-26(39)11-9-24)31(21)35(22(2)46)48-38(4,5)6)49-37(41-29)28-12-13-30-34(40-28)33(42-43(30)7)25-14-16-44(17-15-25)27-19-45(20-27)23(3)47/h8-11,16-18,21,24,28,34H,12-15,19-20H2,1-7H3;8-13,18,24,26,34H,14-17,19-20H2,1-7H3;8-13,18,25,27,35H,14-17,19-20H2,1-7H3/t2*34-;35-/m111/s1. The second-order valence-electron chi connectivity index (χ2n) is 43.7. The first-order valence-electron chi connectivity index (χ1n) is 51.3. The molecule has 3 amide bonds. The number of nitrogens with zero attached hydrogens (tertiary/aromatic N) is 17. The Bertz CT molecular complexity index is 7360. The summed E-state index contributed by atoms with van der Waals surface area (Å²) in [4.78, 5) is 119. The summed E-state index contributed by atoms with van der Waals surface area (Å²) in [5.41, 5.74) is 22.8. The zero-order valence-electron chi connectivity index (χ0n) is 88.6. The van der Waals surface area contributed by atoms with E-state index >= 15 is 0 Å². The molecule has 6 saturated heterocycles. The molecule has 15 aromatic rings. The van der Waals surface area contributed by atoms with E-state index in [1.54, 1.807) is 71.5 Å². The second kappa shape index (κ2) is 42.7. The number of Topliss-reactive ketones (excluding diaryl/α,β-unsaturated/α-hetero) is 3. The second-order valence-corrected chi connectivity index (χ2v) is 48.0. The van der Waals surface area contributed by atoms with Crippen LogP contribution in [0.1, 0.15) is 215 Å². The van der Waals surface area contributed by atoms with E-state index in [4.69, 9.17) is 98.6 Å². The molecule has 3 atom stereocenters. The van der Waals surface area contributed by atoms with E-state index in [-0.39, 0.29) is 41.4 Å². The number of aromatic nitrogens is 11. The van der Waals surface area contributed by atoms with Crippen LogP contribution in [0, 0.1) is 20.8 Å². The lowest BCUT2D eigenvalue weighted by molar-refractivity contribution is -0.139. The van der Waals surface area contributed by atoms with Crippen molar-refractivity contribution in [3.05, 3.63) is 199 Å². The quantitative estimate of drug-likeness (QED) is 0.0646. The van der Waals surface area contributed by atoms with Crippen LogP contribution in [0.5, 0.6) is 0 Å². The average Bonchev–Trinajstić information content (AvgIpc) is 1.62. The van der Waals surface area contributed by atoms with Crippen molar-refractivity contribution in [3.8, 4) is 65.4 Å². The molecular weight excluding hydrogens is 2000 g/mol. The van der Waals surface area contributed by atoms with E-state index in [2.05, 4.69) is 68.9 Å². The molecule has 6 aliphatic heterocycles. The van der Waals surface area contributed by atoms with Gasteiger partial charge in [0.25, 0.3) is 0 Å². The van der Waals surface area contributed by atoms with Gasteiger partial charge in [-0.15, -0.1) is 34.0 Å². The van der Waals surface area contributed by atoms with Crippen LogP contribution in [0.2, 0.25) is 15.1 Å². The van der Waals surface area contributed by atoms with Crippen molar-refractivity contribution < 1.29 is 52.5 Å². The number of piperidine rings is 3. The number of carbonyl (C=O) groups is 6. The molecule has 0 spiro atoms. The summed E-state index contributed by atoms with van der Waals surface area (Å²) < 4.78 is 38.0. The van der Waals surface area contributed by atoms with Crippen LogP contribution in [0.25, 0.3) is 129 Å². The molecule has 780 valence electrons. The molecule has 15 heterocycles. The Balaban J connectivity index is 0.000000140. The van der Waals surface area contributed by atoms with E-state index in [0.29, 0.717) is 45.0 Å². The summed E-state index contributed by atoms with van der Waals surface area (Å²) in [6.45, 7) is 40.7. The van der Waals surface area contributed by atoms with Gasteiger partial charge in [-0.2, -0.15) is 10.2 Å². The molecule has 21 rings (SSSR count). The van der Waals surface area contributed by atoms with Crippen molar-refractivity contribution in [2.45, 2.75) is 220 Å². The molecule has 9 aromatic heterocycles. The number of hydrogen-bond acceptors (Lipinski definition) is 25. The number of hydrogen-bond donors (Lipinski definition) is 0. The normalized spacial score (nSPS) is 17.1. The lowest BCUT2D eigenvalue weighted by Crippen LogP contribution is -2.62. The molecule has 0 radical (unpaired) electrons. The van der Waals surface area contributed by atoms with Gasteiger partial charge in [0.2, 0.25) is 5.91 Å². The number of halogens is 3. The van der Waals surface area contributed by atoms with Crippen LogP contribution in [-0.4, -0.2) is 247 Å². The molecule has 0 unspecified atom stereocenters. The highest BCUT2D eigenvalue weighted by Crippen LogP contribution is 2.51. The van der Waals surface area contributed by atoms with Crippen molar-refractivity contribution in [1.29, 1.82) is 0 Å². The van der Waals surface area contributed by atoms with Gasteiger partial charge < -0.3 is 43.0 Å². The third-order valence-electron chi connectivity index (χ3n) is 29.7. The van der Waals surface area contributed by atoms with Gasteiger partial charge in [-0.05, 0) is 311 Å². The Morgan fingerprint density at radius 1 is 0.403 bits per heavy atom. The summed E-state index contributed by atoms with van der Waals surface area (Å²) in [6, 6.07) is 41.2. The van der Waals surface area contributed by atoms with Crippen molar-refractivity contribution in [2.24, 2.45) is 21.1 Å². The number of aryl methyl sites for hydroxylation is 6. The van der Waals surface area contributed by atoms with Crippen LogP contribution in [0.3, 0.4) is 0 Å². The number of benzene rings is 6. The number of amides is 3. The highest BCUT2D eigenvalue weighted by molar-refractivity contribution is 7.23. The topological polar surface area (TPSA) is 286 Å². The maximum Gasteiger partial charge on any atom is 0.409 e. The van der Waals surface area contributed by atoms with Crippen molar-refractivity contribution in [2.75, 3.05) is 92.8 Å². The maximum atomic E-state index is 13.2. The molecule has 0 saturated carbocycles. The minimum atomic E-state index is -0.745. The summed E-state index contributed by atoms with van der Waals surface area (Å²) in [6.07, 6.45) is 7.55. The van der Waals surface area contributed by atoms with Crippen LogP contribution < -0.4 is 0 Å². The highest BCUT2D eigenvalue weighted by Gasteiger charge is 2.43. The predicted octanol–water partition coefficient (Wildman–Crippen LogP) is 24.2. The Morgan fingerprint density at radius 2 is 0.725 bits per heavy atom. The number of rotatable bonds is 21. The van der Waals surface area contributed by atoms with Gasteiger partial charge >= 0.3 is 12.2 Å². The molecule has 6 aliphatic rings. The first-order valence-corrected chi connectivity index (χ1v) is 54.9. The predicted molar refractivity (Wildman–Crippen MR) is 594 cm³/mol. The van der Waals surface area contributed by atoms with Gasteiger partial charge in [-0.3, -0.25) is 43.2 Å². The fourth-order valence-electron chi connectivity index (χ4n) is 22.2. The zero-order valence-corrected chi connectivity index (χ0v) is 93.3. The van der Waals surface area contributed by atoms with Gasteiger partial charge in [0.15, 0.2) is 17.3 Å². The first-order chi connectivity index (χ1) is 70.9. The number of ketones is 3. The molecule has 0 N–H and O–H groups in total. The maximum absolute atomic E-state index is 13.2. The largest absolute Gasteiger partial charge is 0.453 e. The molecule has 6 fully saturated rings. The molecule has 0 bridgehead atoms. The van der Waals surface area contributed by atoms with Crippen molar-refractivity contribution in [1.82, 2.24) is 83.4 Å². The number of fused-ring (bicyclic) bond motifs is 6. The third kappa shape index (κ3) is 22.1. The zero-order chi connectivity index (χ0) is 106. The van der Waals surface area contributed by atoms with Gasteiger partial charge in [0, 0.05) is 169 Å². The van der Waals surface area contributed by atoms with Gasteiger partial charge in [-0.1, -0.05) is 71.2 Å². The lowest BCUT2D eigenvalue weighted by atomic mass is 9.88. The van der Waals surface area contributed by atoms with Crippen LogP contribution in [0.4, 0.5) is 9.59 Å². The van der Waals surface area contributed by atoms with Crippen LogP contribution in [-0.2, 0) is 64.0 Å². The van der Waals surface area contributed by atoms with Crippen LogP contribution >= 0.6 is 68.8 Å². The number of methoxy groups -OCH3 is 2. The van der Waals surface area contributed by atoms with E-state index in [1.807, 2.05) is 203 Å². The minimum absolute atomic E-state index is 0.0460. The number of pyridine rings is 3. The van der Waals surface area contributed by atoms with Gasteiger partial charge in [0.05, 0.1) is 95.5 Å². The number of ether oxygens (including phenoxy) is 5. The molecule has 0 aliphatic carbocycles. The summed E-state index contributed by atoms with van der Waals surface area (Å²) in [5, 5.41) is 15.6. The van der Waals surface area contributed by atoms with E-state index in [0.717, 1.165) is 291 Å². The average molecular weight is 2130 g/mol. The van der Waals surface area contributed by atoms with E-state index in [9.17, 15) is 28.8 Å². The molecule has 28 nitrogen and oxygen atoms in total. The van der Waals surface area contributed by atoms with Crippen molar-refractivity contribution in [3.63, 3.8) is 0 Å². The van der Waals surface area contributed by atoms with Gasteiger partial charge in [0.1, 0.15) is 50.0 Å². The first kappa shape index (κ1) is 106. The monoisotopic (exact) mass is 2130 g/mol.